The van der Waals surface area contributed by atoms with Gasteiger partial charge in [0, 0.05) is 31.4 Å². The third kappa shape index (κ3) is 3.43. The van der Waals surface area contributed by atoms with Crippen molar-refractivity contribution in [1.82, 2.24) is 4.57 Å². The van der Waals surface area contributed by atoms with Crippen LogP contribution in [0.25, 0.3) is 10.9 Å². The largest absolute Gasteiger partial charge is 0.497 e. The second-order valence-electron chi connectivity index (χ2n) is 8.75. The van der Waals surface area contributed by atoms with Crippen molar-refractivity contribution in [2.75, 3.05) is 38.3 Å². The Hall–Kier alpha value is -3.30. The molecule has 0 bridgehead atoms. The summed E-state index contributed by atoms with van der Waals surface area (Å²) in [5.74, 6) is 1.71. The zero-order valence-electron chi connectivity index (χ0n) is 18.5. The molecule has 0 saturated carbocycles. The van der Waals surface area contributed by atoms with Gasteiger partial charge in [-0.3, -0.25) is 4.79 Å². The molecule has 0 atom stereocenters. The first kappa shape index (κ1) is 20.6. The number of rotatable bonds is 4. The number of hydrogen-bond acceptors (Lipinski definition) is 5. The summed E-state index contributed by atoms with van der Waals surface area (Å²) < 4.78 is 12.2. The van der Waals surface area contributed by atoms with Crippen molar-refractivity contribution in [2.45, 2.75) is 24.7 Å². The van der Waals surface area contributed by atoms with Gasteiger partial charge in [-0.1, -0.05) is 24.3 Å². The van der Waals surface area contributed by atoms with E-state index in [0.717, 1.165) is 61.5 Å². The monoisotopic (exact) mass is 429 g/mol. The smallest absolute Gasteiger partial charge is 0.270 e. The molecule has 2 aliphatic heterocycles. The zero-order chi connectivity index (χ0) is 22.2. The molecule has 0 N–H and O–H groups in total. The van der Waals surface area contributed by atoms with Gasteiger partial charge in [0.2, 0.25) is 0 Å². The Morgan fingerprint density at radius 3 is 2.31 bits per heavy atom. The Morgan fingerprint density at radius 2 is 1.72 bits per heavy atom. The summed E-state index contributed by atoms with van der Waals surface area (Å²) in [6.45, 7) is 3.07. The average Bonchev–Trinajstić information content (AvgIpc) is 2.80. The van der Waals surface area contributed by atoms with Crippen LogP contribution >= 0.6 is 0 Å². The highest BCUT2D eigenvalue weighted by molar-refractivity contribution is 5.95. The van der Waals surface area contributed by atoms with Gasteiger partial charge in [0.15, 0.2) is 0 Å². The molecule has 3 aromatic rings. The summed E-state index contributed by atoms with van der Waals surface area (Å²) >= 11 is 0. The molecule has 5 rings (SSSR count). The molecular formula is C26H27N3O3. The number of aryl methyl sites for hydroxylation is 1. The van der Waals surface area contributed by atoms with Crippen LogP contribution in [0, 0.1) is 11.3 Å². The number of methoxy groups -OCH3 is 1. The molecule has 2 fully saturated rings. The summed E-state index contributed by atoms with van der Waals surface area (Å²) in [6, 6.07) is 16.8. The van der Waals surface area contributed by atoms with E-state index in [9.17, 15) is 10.1 Å². The number of aromatic nitrogens is 1. The third-order valence-electron chi connectivity index (χ3n) is 7.01. The molecular weight excluding hydrogens is 402 g/mol. The first-order valence-corrected chi connectivity index (χ1v) is 11.1. The van der Waals surface area contributed by atoms with Crippen LogP contribution in [0.15, 0.2) is 47.3 Å². The number of benzene rings is 2. The minimum Gasteiger partial charge on any atom is -0.497 e. The van der Waals surface area contributed by atoms with Crippen molar-refractivity contribution in [3.63, 3.8) is 0 Å². The van der Waals surface area contributed by atoms with Gasteiger partial charge in [-0.2, -0.15) is 5.26 Å². The SMILES string of the molecule is COc1ccc(C2CCN(c3c(C#N)c(=O)n(C)c4cc(C5COC5)ccc34)CC2)cc1. The normalized spacial score (nSPS) is 17.2. The first-order valence-electron chi connectivity index (χ1n) is 11.1. The summed E-state index contributed by atoms with van der Waals surface area (Å²) in [6.07, 6.45) is 1.96. The summed E-state index contributed by atoms with van der Waals surface area (Å²) in [4.78, 5) is 15.3. The highest BCUT2D eigenvalue weighted by atomic mass is 16.5. The number of pyridine rings is 1. The van der Waals surface area contributed by atoms with E-state index in [2.05, 4.69) is 41.3 Å². The third-order valence-corrected chi connectivity index (χ3v) is 7.01. The number of nitriles is 1. The Bertz CT molecular complexity index is 1240. The fourth-order valence-corrected chi connectivity index (χ4v) is 4.96. The predicted molar refractivity (Wildman–Crippen MR) is 125 cm³/mol. The lowest BCUT2D eigenvalue weighted by molar-refractivity contribution is 0.00846. The fourth-order valence-electron chi connectivity index (χ4n) is 4.96. The molecule has 2 aliphatic rings. The highest BCUT2D eigenvalue weighted by Crippen LogP contribution is 2.36. The standard InChI is InChI=1S/C26H27N3O3/c1-28-24-13-19(20-15-32-16-20)5-8-22(24)25(23(14-27)26(28)30)29-11-9-18(10-12-29)17-3-6-21(31-2)7-4-17/h3-8,13,18,20H,9-12,15-16H2,1-2H3. The van der Waals surface area contributed by atoms with E-state index in [-0.39, 0.29) is 11.1 Å². The minimum atomic E-state index is -0.228. The van der Waals surface area contributed by atoms with E-state index < -0.39 is 0 Å². The van der Waals surface area contributed by atoms with Crippen LogP contribution in [0.5, 0.6) is 5.75 Å². The lowest BCUT2D eigenvalue weighted by Gasteiger charge is -2.35. The molecule has 0 aliphatic carbocycles. The minimum absolute atomic E-state index is 0.228. The van der Waals surface area contributed by atoms with Crippen molar-refractivity contribution in [3.05, 3.63) is 69.5 Å². The summed E-state index contributed by atoms with van der Waals surface area (Å²) in [5, 5.41) is 10.8. The maximum Gasteiger partial charge on any atom is 0.270 e. The summed E-state index contributed by atoms with van der Waals surface area (Å²) in [5.41, 5.74) is 4.18. The van der Waals surface area contributed by atoms with Gasteiger partial charge >= 0.3 is 0 Å². The number of hydrogen-bond donors (Lipinski definition) is 0. The number of ether oxygens (including phenoxy) is 2. The molecule has 3 heterocycles. The molecule has 6 nitrogen and oxygen atoms in total. The molecule has 2 saturated heterocycles. The van der Waals surface area contributed by atoms with E-state index >= 15 is 0 Å². The van der Waals surface area contributed by atoms with Crippen molar-refractivity contribution < 1.29 is 9.47 Å². The van der Waals surface area contributed by atoms with Gasteiger partial charge < -0.3 is 18.9 Å². The van der Waals surface area contributed by atoms with E-state index in [4.69, 9.17) is 9.47 Å². The number of fused-ring (bicyclic) bond motifs is 1. The van der Waals surface area contributed by atoms with Gasteiger partial charge in [-0.25, -0.2) is 0 Å². The molecule has 0 spiro atoms. The first-order chi connectivity index (χ1) is 15.6. The fraction of sp³-hybridized carbons (Fsp3) is 0.385. The van der Waals surface area contributed by atoms with Crippen LogP contribution in [0.1, 0.15) is 41.4 Å². The number of anilines is 1. The summed E-state index contributed by atoms with van der Waals surface area (Å²) in [7, 11) is 3.43. The van der Waals surface area contributed by atoms with Crippen LogP contribution < -0.4 is 15.2 Å². The Kier molecular flexibility index (Phi) is 5.36. The highest BCUT2D eigenvalue weighted by Gasteiger charge is 2.27. The van der Waals surface area contributed by atoms with Crippen LogP contribution in [0.3, 0.4) is 0 Å². The van der Waals surface area contributed by atoms with Gasteiger partial charge in [0.25, 0.3) is 5.56 Å². The molecule has 6 heteroatoms. The van der Waals surface area contributed by atoms with Gasteiger partial charge in [-0.05, 0) is 48.1 Å². The van der Waals surface area contributed by atoms with Crippen LogP contribution in [0.2, 0.25) is 0 Å². The number of nitrogens with zero attached hydrogens (tertiary/aromatic N) is 3. The van der Waals surface area contributed by atoms with Crippen molar-refractivity contribution in [1.29, 1.82) is 5.26 Å². The van der Waals surface area contributed by atoms with E-state index in [1.165, 1.54) is 11.1 Å². The molecule has 2 aromatic carbocycles. The second-order valence-corrected chi connectivity index (χ2v) is 8.75. The topological polar surface area (TPSA) is 67.5 Å². The second kappa shape index (κ2) is 8.33. The van der Waals surface area contributed by atoms with Crippen molar-refractivity contribution in [3.8, 4) is 11.8 Å². The Balaban J connectivity index is 1.48. The molecule has 1 aromatic heterocycles. The van der Waals surface area contributed by atoms with E-state index in [0.29, 0.717) is 11.8 Å². The Morgan fingerprint density at radius 1 is 1.03 bits per heavy atom. The van der Waals surface area contributed by atoms with E-state index in [1.807, 2.05) is 12.1 Å². The quantitative estimate of drug-likeness (QED) is 0.629. The van der Waals surface area contributed by atoms with E-state index in [1.54, 1.807) is 18.7 Å². The maximum absolute atomic E-state index is 13.1. The van der Waals surface area contributed by atoms with Crippen molar-refractivity contribution in [2.24, 2.45) is 7.05 Å². The molecule has 32 heavy (non-hydrogen) atoms. The lowest BCUT2D eigenvalue weighted by Crippen LogP contribution is -2.36. The average molecular weight is 430 g/mol. The molecule has 0 radical (unpaired) electrons. The lowest BCUT2D eigenvalue weighted by atomic mass is 9.88. The van der Waals surface area contributed by atoms with Gasteiger partial charge in [0.1, 0.15) is 17.4 Å². The maximum atomic E-state index is 13.1. The Labute approximate surface area is 187 Å². The zero-order valence-corrected chi connectivity index (χ0v) is 18.5. The van der Waals surface area contributed by atoms with Crippen LogP contribution in [0.4, 0.5) is 5.69 Å². The molecule has 0 unspecified atom stereocenters. The number of piperidine rings is 1. The van der Waals surface area contributed by atoms with Crippen LogP contribution in [-0.4, -0.2) is 38.0 Å². The molecule has 164 valence electrons. The molecule has 0 amide bonds. The van der Waals surface area contributed by atoms with Gasteiger partial charge in [-0.15, -0.1) is 0 Å². The van der Waals surface area contributed by atoms with Gasteiger partial charge in [0.05, 0.1) is 31.5 Å². The van der Waals surface area contributed by atoms with Crippen LogP contribution in [-0.2, 0) is 11.8 Å². The predicted octanol–water partition coefficient (Wildman–Crippen LogP) is 3.92. The van der Waals surface area contributed by atoms with Crippen molar-refractivity contribution >= 4 is 16.6 Å².